The Bertz CT molecular complexity index is 878. The normalized spacial score (nSPS) is 21.7. The van der Waals surface area contributed by atoms with E-state index in [1.165, 1.54) is 11.6 Å². The lowest BCUT2D eigenvalue weighted by atomic mass is 10.2. The fourth-order valence-corrected chi connectivity index (χ4v) is 3.79. The summed E-state index contributed by atoms with van der Waals surface area (Å²) >= 11 is 0. The molecule has 1 aliphatic heterocycles. The van der Waals surface area contributed by atoms with E-state index >= 15 is 0 Å². The minimum absolute atomic E-state index is 0.0430. The molecular weight excluding hydrogens is 376 g/mol. The van der Waals surface area contributed by atoms with Crippen LogP contribution in [0.2, 0.25) is 0 Å². The second-order valence-corrected chi connectivity index (χ2v) is 7.62. The topological polar surface area (TPSA) is 52.7 Å². The summed E-state index contributed by atoms with van der Waals surface area (Å²) in [6.45, 7) is 3.66. The number of nitrogens with one attached hydrogen (secondary N) is 1. The predicted octanol–water partition coefficient (Wildman–Crippen LogP) is 2.88. The van der Waals surface area contributed by atoms with E-state index in [0.717, 1.165) is 31.8 Å². The molecule has 1 saturated heterocycles. The lowest BCUT2D eigenvalue weighted by Crippen LogP contribution is -2.49. The highest BCUT2D eigenvalue weighted by atomic mass is 19.1. The molecule has 5 nitrogen and oxygen atoms in total. The molecule has 2 aromatic carbocycles. The van der Waals surface area contributed by atoms with E-state index in [1.807, 2.05) is 18.2 Å². The third kappa shape index (κ3) is 4.45. The van der Waals surface area contributed by atoms with Gasteiger partial charge in [0.2, 0.25) is 11.8 Å². The molecule has 7 heteroatoms. The van der Waals surface area contributed by atoms with Crippen molar-refractivity contribution in [1.29, 1.82) is 0 Å². The maximum Gasteiger partial charge on any atom is 0.228 e. The monoisotopic (exact) mass is 399 g/mol. The molecule has 2 amide bonds. The van der Waals surface area contributed by atoms with Gasteiger partial charge in [0.15, 0.2) is 0 Å². The molecule has 152 valence electrons. The maximum atomic E-state index is 13.7. The molecule has 2 unspecified atom stereocenters. The lowest BCUT2D eigenvalue weighted by Gasteiger charge is -2.35. The van der Waals surface area contributed by atoms with Gasteiger partial charge in [0, 0.05) is 32.7 Å². The van der Waals surface area contributed by atoms with Crippen molar-refractivity contribution >= 4 is 17.5 Å². The first kappa shape index (κ1) is 19.5. The summed E-state index contributed by atoms with van der Waals surface area (Å²) in [6, 6.07) is 13.6. The van der Waals surface area contributed by atoms with Crippen molar-refractivity contribution in [3.8, 4) is 0 Å². The van der Waals surface area contributed by atoms with Crippen molar-refractivity contribution in [2.24, 2.45) is 11.8 Å². The van der Waals surface area contributed by atoms with Crippen LogP contribution in [0.25, 0.3) is 0 Å². The first-order valence-electron chi connectivity index (χ1n) is 9.83. The summed E-state index contributed by atoms with van der Waals surface area (Å²) in [5, 5.41) is 2.29. The molecule has 0 radical (unpaired) electrons. The van der Waals surface area contributed by atoms with E-state index in [4.69, 9.17) is 0 Å². The second-order valence-electron chi connectivity index (χ2n) is 7.62. The Kier molecular flexibility index (Phi) is 5.58. The number of benzene rings is 2. The number of hydrogen-bond donors (Lipinski definition) is 1. The van der Waals surface area contributed by atoms with E-state index in [0.29, 0.717) is 19.5 Å². The third-order valence-electron chi connectivity index (χ3n) is 5.59. The molecule has 2 aliphatic rings. The van der Waals surface area contributed by atoms with Crippen LogP contribution in [0, 0.1) is 23.5 Å². The summed E-state index contributed by atoms with van der Waals surface area (Å²) in [5.41, 5.74) is 0.789. The van der Waals surface area contributed by atoms with E-state index in [-0.39, 0.29) is 5.91 Å². The van der Waals surface area contributed by atoms with Crippen molar-refractivity contribution in [1.82, 2.24) is 9.80 Å². The highest BCUT2D eigenvalue weighted by Crippen LogP contribution is 2.41. The Morgan fingerprint density at radius 1 is 0.897 bits per heavy atom. The molecule has 0 bridgehead atoms. The summed E-state index contributed by atoms with van der Waals surface area (Å²) < 4.78 is 27.4. The number of carbonyl (C=O) groups is 2. The van der Waals surface area contributed by atoms with Gasteiger partial charge in [-0.05, 0) is 24.1 Å². The quantitative estimate of drug-likeness (QED) is 0.841. The van der Waals surface area contributed by atoms with Gasteiger partial charge in [-0.2, -0.15) is 0 Å². The van der Waals surface area contributed by atoms with Crippen molar-refractivity contribution in [2.45, 2.75) is 13.0 Å². The van der Waals surface area contributed by atoms with Crippen LogP contribution in [0.15, 0.2) is 48.5 Å². The number of halogens is 2. The molecule has 1 heterocycles. The van der Waals surface area contributed by atoms with E-state index in [2.05, 4.69) is 22.3 Å². The number of piperazine rings is 1. The average Bonchev–Trinajstić information content (AvgIpc) is 3.53. The zero-order chi connectivity index (χ0) is 20.4. The van der Waals surface area contributed by atoms with Crippen LogP contribution in [-0.4, -0.2) is 47.8 Å². The molecule has 29 heavy (non-hydrogen) atoms. The Labute approximate surface area is 168 Å². The second kappa shape index (κ2) is 8.29. The summed E-state index contributed by atoms with van der Waals surface area (Å²) in [6.07, 6.45) is 0.422. The first-order valence-corrected chi connectivity index (χ1v) is 9.83. The number of anilines is 1. The van der Waals surface area contributed by atoms with Gasteiger partial charge in [0.25, 0.3) is 0 Å². The molecule has 2 atom stereocenters. The summed E-state index contributed by atoms with van der Waals surface area (Å²) in [7, 11) is 0. The average molecular weight is 399 g/mol. The molecule has 0 spiro atoms. The zero-order valence-electron chi connectivity index (χ0n) is 16.0. The van der Waals surface area contributed by atoms with Crippen LogP contribution in [0.3, 0.4) is 0 Å². The van der Waals surface area contributed by atoms with Gasteiger partial charge in [0.1, 0.15) is 17.3 Å². The molecule has 2 aromatic rings. The molecule has 1 aliphatic carbocycles. The van der Waals surface area contributed by atoms with E-state index in [9.17, 15) is 18.4 Å². The van der Waals surface area contributed by atoms with Gasteiger partial charge in [0.05, 0.1) is 11.8 Å². The van der Waals surface area contributed by atoms with Crippen LogP contribution in [0.1, 0.15) is 12.0 Å². The van der Waals surface area contributed by atoms with E-state index in [1.54, 1.807) is 4.90 Å². The van der Waals surface area contributed by atoms with Crippen LogP contribution in [0.4, 0.5) is 14.5 Å². The number of nitrogens with zero attached hydrogens (tertiary/aromatic N) is 2. The number of carbonyl (C=O) groups excluding carboxylic acids is 2. The van der Waals surface area contributed by atoms with Gasteiger partial charge in [-0.25, -0.2) is 8.78 Å². The van der Waals surface area contributed by atoms with Gasteiger partial charge >= 0.3 is 0 Å². The highest BCUT2D eigenvalue weighted by molar-refractivity contribution is 5.99. The fraction of sp³-hybridized carbons (Fsp3) is 0.364. The minimum Gasteiger partial charge on any atom is -0.340 e. The number of hydrogen-bond acceptors (Lipinski definition) is 3. The Balaban J connectivity index is 1.27. The van der Waals surface area contributed by atoms with Crippen LogP contribution in [-0.2, 0) is 16.1 Å². The van der Waals surface area contributed by atoms with Gasteiger partial charge in [-0.1, -0.05) is 36.4 Å². The largest absolute Gasteiger partial charge is 0.340 e. The zero-order valence-corrected chi connectivity index (χ0v) is 16.0. The van der Waals surface area contributed by atoms with Crippen LogP contribution in [0.5, 0.6) is 0 Å². The van der Waals surface area contributed by atoms with Gasteiger partial charge in [-0.15, -0.1) is 0 Å². The molecule has 4 rings (SSSR count). The lowest BCUT2D eigenvalue weighted by molar-refractivity contribution is -0.135. The van der Waals surface area contributed by atoms with Crippen LogP contribution < -0.4 is 5.32 Å². The highest BCUT2D eigenvalue weighted by Gasteiger charge is 2.50. The van der Waals surface area contributed by atoms with Crippen molar-refractivity contribution in [3.63, 3.8) is 0 Å². The van der Waals surface area contributed by atoms with Crippen molar-refractivity contribution < 1.29 is 18.4 Å². The number of amides is 2. The predicted molar refractivity (Wildman–Crippen MR) is 105 cm³/mol. The maximum absolute atomic E-state index is 13.7. The standard InChI is InChI=1S/C22H23F2N3O2/c23-18-7-4-8-19(24)20(18)25-21(28)16-13-17(16)22(29)27-11-9-26(10-12-27)14-15-5-2-1-3-6-15/h1-8,16-17H,9-14H2,(H,25,28). The minimum atomic E-state index is -0.823. The van der Waals surface area contributed by atoms with Gasteiger partial charge < -0.3 is 10.2 Å². The van der Waals surface area contributed by atoms with Crippen LogP contribution >= 0.6 is 0 Å². The first-order chi connectivity index (χ1) is 14.0. The number of para-hydroxylation sites is 1. The van der Waals surface area contributed by atoms with Crippen molar-refractivity contribution in [3.05, 3.63) is 65.7 Å². The third-order valence-corrected chi connectivity index (χ3v) is 5.59. The fourth-order valence-electron chi connectivity index (χ4n) is 3.79. The summed E-state index contributed by atoms with van der Waals surface area (Å²) in [5.74, 6) is -3.12. The SMILES string of the molecule is O=C(Nc1c(F)cccc1F)C1CC1C(=O)N1CCN(Cc2ccccc2)CC1. The van der Waals surface area contributed by atoms with Gasteiger partial charge in [-0.3, -0.25) is 14.5 Å². The molecule has 2 fully saturated rings. The Hall–Kier alpha value is -2.80. The number of rotatable bonds is 5. The molecule has 1 N–H and O–H groups in total. The molecular formula is C22H23F2N3O2. The smallest absolute Gasteiger partial charge is 0.228 e. The Morgan fingerprint density at radius 2 is 1.55 bits per heavy atom. The van der Waals surface area contributed by atoms with E-state index < -0.39 is 35.1 Å². The Morgan fingerprint density at radius 3 is 2.21 bits per heavy atom. The molecule has 0 aromatic heterocycles. The molecule has 1 saturated carbocycles. The van der Waals surface area contributed by atoms with Crippen molar-refractivity contribution in [2.75, 3.05) is 31.5 Å². The summed E-state index contributed by atoms with van der Waals surface area (Å²) in [4.78, 5) is 29.1.